The molecule has 0 saturated heterocycles. The molecule has 0 aliphatic rings. The first kappa shape index (κ1) is 15.7. The van der Waals surface area contributed by atoms with Crippen LogP contribution >= 0.6 is 27.3 Å². The maximum absolute atomic E-state index is 12.1. The molecule has 0 aliphatic carbocycles. The molecule has 1 amide bonds. The van der Waals surface area contributed by atoms with Crippen LogP contribution in [-0.2, 0) is 0 Å². The van der Waals surface area contributed by atoms with Crippen molar-refractivity contribution in [2.45, 2.75) is 6.92 Å². The topological polar surface area (TPSA) is 54.0 Å². The summed E-state index contributed by atoms with van der Waals surface area (Å²) >= 11 is 4.79. The smallest absolute Gasteiger partial charge is 0.269 e. The first-order chi connectivity index (χ1) is 11.1. The van der Waals surface area contributed by atoms with Gasteiger partial charge in [-0.1, -0.05) is 51.8 Å². The fourth-order valence-electron chi connectivity index (χ4n) is 2.00. The maximum Gasteiger partial charge on any atom is 0.269 e. The Morgan fingerprint density at radius 2 is 1.96 bits per heavy atom. The zero-order valence-electron chi connectivity index (χ0n) is 12.3. The molecule has 0 radical (unpaired) electrons. The van der Waals surface area contributed by atoms with Gasteiger partial charge in [-0.2, -0.15) is 0 Å². The van der Waals surface area contributed by atoms with E-state index >= 15 is 0 Å². The van der Waals surface area contributed by atoms with Crippen LogP contribution in [0.25, 0.3) is 11.3 Å². The van der Waals surface area contributed by atoms with Crippen molar-refractivity contribution in [3.63, 3.8) is 0 Å². The monoisotopic (exact) mass is 387 g/mol. The number of halogens is 1. The molecule has 1 aromatic heterocycles. The molecule has 0 fully saturated rings. The minimum absolute atomic E-state index is 0.210. The van der Waals surface area contributed by atoms with Crippen LogP contribution in [0.2, 0.25) is 0 Å². The summed E-state index contributed by atoms with van der Waals surface area (Å²) in [5, 5.41) is 2.60. The maximum atomic E-state index is 12.1. The van der Waals surface area contributed by atoms with Crippen LogP contribution in [0.15, 0.2) is 58.4 Å². The molecule has 3 rings (SSSR count). The summed E-state index contributed by atoms with van der Waals surface area (Å²) in [6.07, 6.45) is 0. The minimum Gasteiger partial charge on any atom is -0.273 e. The number of hydrogen-bond acceptors (Lipinski definition) is 4. The van der Waals surface area contributed by atoms with Crippen molar-refractivity contribution in [3.05, 3.63) is 69.5 Å². The Kier molecular flexibility index (Phi) is 4.73. The first-order valence-electron chi connectivity index (χ1n) is 6.96. The van der Waals surface area contributed by atoms with Crippen molar-refractivity contribution in [2.24, 2.45) is 0 Å². The largest absolute Gasteiger partial charge is 0.273 e. The van der Waals surface area contributed by atoms with E-state index in [2.05, 4.69) is 50.8 Å². The number of hydrogen-bond donors (Lipinski definition) is 2. The summed E-state index contributed by atoms with van der Waals surface area (Å²) in [5.74, 6) is -0.210. The van der Waals surface area contributed by atoms with Crippen LogP contribution in [0.3, 0.4) is 0 Å². The van der Waals surface area contributed by atoms with E-state index in [-0.39, 0.29) is 5.91 Å². The van der Waals surface area contributed by atoms with Gasteiger partial charge in [0.1, 0.15) is 0 Å². The highest BCUT2D eigenvalue weighted by atomic mass is 79.9. The van der Waals surface area contributed by atoms with E-state index in [1.165, 1.54) is 16.9 Å². The second kappa shape index (κ2) is 6.93. The predicted octanol–water partition coefficient (Wildman–Crippen LogP) is 4.64. The number of rotatable bonds is 4. The molecule has 0 saturated carbocycles. The van der Waals surface area contributed by atoms with Crippen molar-refractivity contribution >= 4 is 38.3 Å². The second-order valence-corrected chi connectivity index (χ2v) is 6.77. The number of nitrogens with zero attached hydrogens (tertiary/aromatic N) is 1. The standard InChI is InChI=1S/C17H14BrN3OS/c1-11-5-7-12(8-6-11)15-10-23-17(19-15)21-20-16(22)13-3-2-4-14(18)9-13/h2-10H,1H3,(H,19,21)(H,20,22). The average molecular weight is 388 g/mol. The van der Waals surface area contributed by atoms with Crippen molar-refractivity contribution < 1.29 is 4.79 Å². The van der Waals surface area contributed by atoms with Gasteiger partial charge < -0.3 is 0 Å². The van der Waals surface area contributed by atoms with E-state index in [1.54, 1.807) is 12.1 Å². The van der Waals surface area contributed by atoms with Crippen molar-refractivity contribution in [2.75, 3.05) is 5.43 Å². The summed E-state index contributed by atoms with van der Waals surface area (Å²) in [4.78, 5) is 16.5. The first-order valence-corrected chi connectivity index (χ1v) is 8.63. The zero-order chi connectivity index (χ0) is 16.2. The van der Waals surface area contributed by atoms with E-state index in [0.29, 0.717) is 10.7 Å². The summed E-state index contributed by atoms with van der Waals surface area (Å²) in [5.41, 5.74) is 9.23. The van der Waals surface area contributed by atoms with Gasteiger partial charge >= 0.3 is 0 Å². The number of nitrogens with one attached hydrogen (secondary N) is 2. The van der Waals surface area contributed by atoms with E-state index in [0.717, 1.165) is 15.7 Å². The molecule has 2 aromatic carbocycles. The second-order valence-electron chi connectivity index (χ2n) is 4.99. The molecule has 3 aromatic rings. The Labute approximate surface area is 146 Å². The normalized spacial score (nSPS) is 10.3. The third kappa shape index (κ3) is 3.97. The van der Waals surface area contributed by atoms with Gasteiger partial charge in [-0.3, -0.25) is 15.6 Å². The highest BCUT2D eigenvalue weighted by Crippen LogP contribution is 2.24. The number of anilines is 1. The van der Waals surface area contributed by atoms with Gasteiger partial charge in [0.15, 0.2) is 0 Å². The lowest BCUT2D eigenvalue weighted by Gasteiger charge is -2.05. The lowest BCUT2D eigenvalue weighted by molar-refractivity contribution is 0.0962. The molecule has 1 heterocycles. The Balaban J connectivity index is 1.65. The number of benzene rings is 2. The van der Waals surface area contributed by atoms with Crippen LogP contribution in [0.5, 0.6) is 0 Å². The predicted molar refractivity (Wildman–Crippen MR) is 97.5 cm³/mol. The highest BCUT2D eigenvalue weighted by molar-refractivity contribution is 9.10. The highest BCUT2D eigenvalue weighted by Gasteiger charge is 2.08. The number of carbonyl (C=O) groups excluding carboxylic acids is 1. The number of thiazole rings is 1. The molecular formula is C17H14BrN3OS. The van der Waals surface area contributed by atoms with Gasteiger partial charge in [0.2, 0.25) is 5.13 Å². The summed E-state index contributed by atoms with van der Waals surface area (Å²) in [7, 11) is 0. The number of carbonyl (C=O) groups is 1. The molecule has 0 unspecified atom stereocenters. The molecule has 0 aliphatic heterocycles. The lowest BCUT2D eigenvalue weighted by atomic mass is 10.1. The Morgan fingerprint density at radius 1 is 1.17 bits per heavy atom. The van der Waals surface area contributed by atoms with Crippen molar-refractivity contribution in [3.8, 4) is 11.3 Å². The van der Waals surface area contributed by atoms with E-state index in [1.807, 2.05) is 29.6 Å². The Hall–Kier alpha value is -2.18. The fourth-order valence-corrected chi connectivity index (χ4v) is 3.07. The average Bonchev–Trinajstić information content (AvgIpc) is 3.02. The number of hydrazine groups is 1. The van der Waals surface area contributed by atoms with Crippen LogP contribution in [0.4, 0.5) is 5.13 Å². The van der Waals surface area contributed by atoms with Gasteiger partial charge in [0.05, 0.1) is 5.69 Å². The molecule has 23 heavy (non-hydrogen) atoms. The molecule has 0 atom stereocenters. The lowest BCUT2D eigenvalue weighted by Crippen LogP contribution is -2.29. The van der Waals surface area contributed by atoms with Gasteiger partial charge in [0.25, 0.3) is 5.91 Å². The summed E-state index contributed by atoms with van der Waals surface area (Å²) < 4.78 is 0.862. The van der Waals surface area contributed by atoms with Crippen LogP contribution in [0.1, 0.15) is 15.9 Å². The van der Waals surface area contributed by atoms with Gasteiger partial charge in [0, 0.05) is 21.0 Å². The number of aromatic nitrogens is 1. The third-order valence-electron chi connectivity index (χ3n) is 3.22. The molecule has 0 bridgehead atoms. The van der Waals surface area contributed by atoms with Crippen LogP contribution in [-0.4, -0.2) is 10.9 Å². The number of aryl methyl sites for hydroxylation is 1. The van der Waals surface area contributed by atoms with Gasteiger partial charge in [-0.05, 0) is 25.1 Å². The molecule has 6 heteroatoms. The van der Waals surface area contributed by atoms with E-state index in [4.69, 9.17) is 0 Å². The summed E-state index contributed by atoms with van der Waals surface area (Å²) in [6.45, 7) is 2.05. The van der Waals surface area contributed by atoms with Crippen LogP contribution < -0.4 is 10.9 Å². The van der Waals surface area contributed by atoms with E-state index in [9.17, 15) is 4.79 Å². The molecule has 0 spiro atoms. The van der Waals surface area contributed by atoms with Crippen molar-refractivity contribution in [1.29, 1.82) is 0 Å². The van der Waals surface area contributed by atoms with Crippen molar-refractivity contribution in [1.82, 2.24) is 10.4 Å². The Morgan fingerprint density at radius 3 is 2.70 bits per heavy atom. The van der Waals surface area contributed by atoms with E-state index < -0.39 is 0 Å². The molecule has 4 nitrogen and oxygen atoms in total. The quantitative estimate of drug-likeness (QED) is 0.641. The molecular weight excluding hydrogens is 374 g/mol. The minimum atomic E-state index is -0.210. The van der Waals surface area contributed by atoms with Crippen LogP contribution in [0, 0.1) is 6.92 Å². The summed E-state index contributed by atoms with van der Waals surface area (Å²) in [6, 6.07) is 15.4. The van der Waals surface area contributed by atoms with Gasteiger partial charge in [-0.25, -0.2) is 4.98 Å². The third-order valence-corrected chi connectivity index (χ3v) is 4.47. The fraction of sp³-hybridized carbons (Fsp3) is 0.0588. The molecule has 116 valence electrons. The number of amides is 1. The molecule has 2 N–H and O–H groups in total. The van der Waals surface area contributed by atoms with Gasteiger partial charge in [-0.15, -0.1) is 11.3 Å². The Bertz CT molecular complexity index is 830. The zero-order valence-corrected chi connectivity index (χ0v) is 14.7. The SMILES string of the molecule is Cc1ccc(-c2csc(NNC(=O)c3cccc(Br)c3)n2)cc1.